The molecule has 0 bridgehead atoms. The Morgan fingerprint density at radius 1 is 1.12 bits per heavy atom. The van der Waals surface area contributed by atoms with E-state index in [1.54, 1.807) is 30.3 Å². The maximum absolute atomic E-state index is 12.4. The van der Waals surface area contributed by atoms with Gasteiger partial charge < -0.3 is 9.73 Å². The van der Waals surface area contributed by atoms with Crippen molar-refractivity contribution in [2.75, 3.05) is 5.32 Å². The SMILES string of the molecule is O=C(Cn1ncc2c(=O)oc3ccccc3c21)Nc1ccc(Cl)c(Cl)c1. The number of carbonyl (C=O) groups is 1. The number of nitrogens with zero attached hydrogens (tertiary/aromatic N) is 2. The highest BCUT2D eigenvalue weighted by atomic mass is 35.5. The van der Waals surface area contributed by atoms with Crippen molar-refractivity contribution in [3.05, 3.63) is 69.1 Å². The van der Waals surface area contributed by atoms with Crippen molar-refractivity contribution in [3.8, 4) is 0 Å². The third-order valence-electron chi connectivity index (χ3n) is 3.90. The molecule has 0 saturated carbocycles. The standard InChI is InChI=1S/C18H11Cl2N3O3/c19-13-6-5-10(7-14(13)20)22-16(24)9-23-17-11-3-1-2-4-15(11)26-18(25)12(17)8-21-23/h1-8H,9H2,(H,22,24). The van der Waals surface area contributed by atoms with Crippen LogP contribution in [-0.4, -0.2) is 15.7 Å². The highest BCUT2D eigenvalue weighted by Gasteiger charge is 2.15. The van der Waals surface area contributed by atoms with Gasteiger partial charge in [0.2, 0.25) is 5.91 Å². The van der Waals surface area contributed by atoms with Gasteiger partial charge in [-0.3, -0.25) is 9.48 Å². The lowest BCUT2D eigenvalue weighted by atomic mass is 10.2. The molecule has 0 aliphatic heterocycles. The number of nitrogens with one attached hydrogen (secondary N) is 1. The first-order valence-corrected chi connectivity index (χ1v) is 8.41. The topological polar surface area (TPSA) is 77.1 Å². The van der Waals surface area contributed by atoms with Gasteiger partial charge >= 0.3 is 5.63 Å². The van der Waals surface area contributed by atoms with Crippen molar-refractivity contribution < 1.29 is 9.21 Å². The maximum atomic E-state index is 12.4. The molecular formula is C18H11Cl2N3O3. The molecule has 0 fully saturated rings. The molecule has 0 radical (unpaired) electrons. The fourth-order valence-corrected chi connectivity index (χ4v) is 3.05. The summed E-state index contributed by atoms with van der Waals surface area (Å²) in [4.78, 5) is 24.5. The zero-order chi connectivity index (χ0) is 18.3. The molecule has 1 N–H and O–H groups in total. The van der Waals surface area contributed by atoms with Crippen molar-refractivity contribution in [2.24, 2.45) is 0 Å². The Balaban J connectivity index is 1.70. The summed E-state index contributed by atoms with van der Waals surface area (Å²) in [5, 5.41) is 8.68. The second-order valence-corrected chi connectivity index (χ2v) is 6.44. The van der Waals surface area contributed by atoms with Crippen LogP contribution < -0.4 is 10.9 Å². The molecule has 26 heavy (non-hydrogen) atoms. The molecule has 4 aromatic rings. The highest BCUT2D eigenvalue weighted by Crippen LogP contribution is 2.25. The number of amides is 1. The number of carbonyl (C=O) groups excluding carboxylic acids is 1. The molecule has 130 valence electrons. The van der Waals surface area contributed by atoms with E-state index in [9.17, 15) is 9.59 Å². The number of hydrogen-bond acceptors (Lipinski definition) is 4. The van der Waals surface area contributed by atoms with Gasteiger partial charge in [0, 0.05) is 11.1 Å². The smallest absolute Gasteiger partial charge is 0.347 e. The number of anilines is 1. The summed E-state index contributed by atoms with van der Waals surface area (Å²) in [6.45, 7) is -0.0722. The highest BCUT2D eigenvalue weighted by molar-refractivity contribution is 6.42. The van der Waals surface area contributed by atoms with E-state index >= 15 is 0 Å². The van der Waals surface area contributed by atoms with Crippen LogP contribution in [0.2, 0.25) is 10.0 Å². The Labute approximate surface area is 156 Å². The number of benzene rings is 2. The van der Waals surface area contributed by atoms with E-state index in [4.69, 9.17) is 27.6 Å². The van der Waals surface area contributed by atoms with Gasteiger partial charge in [-0.25, -0.2) is 4.79 Å². The van der Waals surface area contributed by atoms with Crippen LogP contribution in [0, 0.1) is 0 Å². The number of hydrogen-bond donors (Lipinski definition) is 1. The quantitative estimate of drug-likeness (QED) is 0.537. The summed E-state index contributed by atoms with van der Waals surface area (Å²) < 4.78 is 6.75. The third-order valence-corrected chi connectivity index (χ3v) is 4.64. The molecular weight excluding hydrogens is 377 g/mol. The largest absolute Gasteiger partial charge is 0.422 e. The summed E-state index contributed by atoms with van der Waals surface area (Å²) in [6.07, 6.45) is 1.40. The average Bonchev–Trinajstić information content (AvgIpc) is 3.03. The van der Waals surface area contributed by atoms with E-state index in [-0.39, 0.29) is 12.5 Å². The number of halogens is 2. The molecule has 0 spiro atoms. The van der Waals surface area contributed by atoms with Crippen LogP contribution in [0.25, 0.3) is 21.9 Å². The molecule has 6 nitrogen and oxygen atoms in total. The first kappa shape index (κ1) is 16.6. The van der Waals surface area contributed by atoms with E-state index in [0.717, 1.165) is 0 Å². The van der Waals surface area contributed by atoms with E-state index in [1.807, 2.05) is 12.1 Å². The second kappa shape index (κ2) is 6.48. The van der Waals surface area contributed by atoms with Crippen LogP contribution >= 0.6 is 23.2 Å². The Bertz CT molecular complexity index is 1210. The Hall–Kier alpha value is -2.83. The molecule has 2 aromatic heterocycles. The monoisotopic (exact) mass is 387 g/mol. The van der Waals surface area contributed by atoms with Crippen molar-refractivity contribution in [1.82, 2.24) is 9.78 Å². The Morgan fingerprint density at radius 2 is 1.92 bits per heavy atom. The van der Waals surface area contributed by atoms with Gasteiger partial charge in [0.15, 0.2) is 0 Å². The van der Waals surface area contributed by atoms with Gasteiger partial charge in [-0.1, -0.05) is 35.3 Å². The molecule has 0 aliphatic rings. The average molecular weight is 388 g/mol. The van der Waals surface area contributed by atoms with Crippen molar-refractivity contribution in [1.29, 1.82) is 0 Å². The van der Waals surface area contributed by atoms with Crippen LogP contribution in [0.3, 0.4) is 0 Å². The molecule has 0 saturated heterocycles. The van der Waals surface area contributed by atoms with Gasteiger partial charge in [-0.05, 0) is 30.3 Å². The van der Waals surface area contributed by atoms with Gasteiger partial charge in [0.05, 0.1) is 21.8 Å². The number of aromatic nitrogens is 2. The number of rotatable bonds is 3. The van der Waals surface area contributed by atoms with E-state index < -0.39 is 5.63 Å². The summed E-state index contributed by atoms with van der Waals surface area (Å²) in [5.41, 5.74) is 1.03. The molecule has 8 heteroatoms. The van der Waals surface area contributed by atoms with Crippen molar-refractivity contribution >= 4 is 56.7 Å². The first-order valence-electron chi connectivity index (χ1n) is 7.65. The number of para-hydroxylation sites is 1. The minimum atomic E-state index is -0.491. The molecule has 4 rings (SSSR count). The predicted octanol–water partition coefficient (Wildman–Crippen LogP) is 4.09. The lowest BCUT2D eigenvalue weighted by molar-refractivity contribution is -0.116. The van der Waals surface area contributed by atoms with Gasteiger partial charge in [0.25, 0.3) is 0 Å². The molecule has 0 unspecified atom stereocenters. The minimum absolute atomic E-state index is 0.0722. The molecule has 2 aromatic carbocycles. The predicted molar refractivity (Wildman–Crippen MR) is 101 cm³/mol. The van der Waals surface area contributed by atoms with Crippen LogP contribution in [0.15, 0.2) is 57.9 Å². The van der Waals surface area contributed by atoms with Gasteiger partial charge in [-0.2, -0.15) is 5.10 Å². The molecule has 1 amide bonds. The lowest BCUT2D eigenvalue weighted by Gasteiger charge is -2.08. The summed E-state index contributed by atoms with van der Waals surface area (Å²) in [6, 6.07) is 11.9. The van der Waals surface area contributed by atoms with E-state index in [2.05, 4.69) is 10.4 Å². The van der Waals surface area contributed by atoms with Crippen molar-refractivity contribution in [2.45, 2.75) is 6.54 Å². The fourth-order valence-electron chi connectivity index (χ4n) is 2.76. The molecule has 0 atom stereocenters. The summed E-state index contributed by atoms with van der Waals surface area (Å²) in [5.74, 6) is -0.314. The Kier molecular flexibility index (Phi) is 4.14. The summed E-state index contributed by atoms with van der Waals surface area (Å²) >= 11 is 11.8. The second-order valence-electron chi connectivity index (χ2n) is 5.63. The molecule has 0 aliphatic carbocycles. The lowest BCUT2D eigenvalue weighted by Crippen LogP contribution is -2.19. The zero-order valence-electron chi connectivity index (χ0n) is 13.2. The van der Waals surface area contributed by atoms with Crippen LogP contribution in [0.1, 0.15) is 0 Å². The minimum Gasteiger partial charge on any atom is -0.422 e. The van der Waals surface area contributed by atoms with E-state index in [1.165, 1.54) is 10.9 Å². The normalized spacial score (nSPS) is 11.2. The molecule has 2 heterocycles. The van der Waals surface area contributed by atoms with Crippen LogP contribution in [0.5, 0.6) is 0 Å². The Morgan fingerprint density at radius 3 is 2.73 bits per heavy atom. The third kappa shape index (κ3) is 2.94. The van der Waals surface area contributed by atoms with Gasteiger partial charge in [-0.15, -0.1) is 0 Å². The fraction of sp³-hybridized carbons (Fsp3) is 0.0556. The first-order chi connectivity index (χ1) is 12.5. The summed E-state index contributed by atoms with van der Waals surface area (Å²) in [7, 11) is 0. The van der Waals surface area contributed by atoms with Crippen molar-refractivity contribution in [3.63, 3.8) is 0 Å². The zero-order valence-corrected chi connectivity index (χ0v) is 14.7. The van der Waals surface area contributed by atoms with Crippen LogP contribution in [0.4, 0.5) is 5.69 Å². The van der Waals surface area contributed by atoms with Crippen LogP contribution in [-0.2, 0) is 11.3 Å². The van der Waals surface area contributed by atoms with E-state index in [0.29, 0.717) is 37.6 Å². The number of fused-ring (bicyclic) bond motifs is 3. The van der Waals surface area contributed by atoms with Gasteiger partial charge in [0.1, 0.15) is 17.5 Å². The maximum Gasteiger partial charge on any atom is 0.347 e.